The summed E-state index contributed by atoms with van der Waals surface area (Å²) < 4.78 is 27.9. The van der Waals surface area contributed by atoms with Crippen LogP contribution in [0.15, 0.2) is 40.9 Å². The van der Waals surface area contributed by atoms with Gasteiger partial charge in [0.2, 0.25) is 0 Å². The number of nitrogens with zero attached hydrogens (tertiary/aromatic N) is 2. The van der Waals surface area contributed by atoms with Crippen molar-refractivity contribution in [2.24, 2.45) is 0 Å². The lowest BCUT2D eigenvalue weighted by Crippen LogP contribution is -2.19. The third-order valence-corrected chi connectivity index (χ3v) is 3.69. The molecule has 0 amide bonds. The van der Waals surface area contributed by atoms with E-state index in [1.807, 2.05) is 6.07 Å². The zero-order valence-electron chi connectivity index (χ0n) is 11.4. The number of nitriles is 1. The summed E-state index contributed by atoms with van der Waals surface area (Å²) in [5.74, 6) is -1.14. The first-order chi connectivity index (χ1) is 10.0. The molecule has 0 aliphatic heterocycles. The van der Waals surface area contributed by atoms with Gasteiger partial charge in [-0.15, -0.1) is 0 Å². The van der Waals surface area contributed by atoms with Gasteiger partial charge in [-0.3, -0.25) is 4.90 Å². The van der Waals surface area contributed by atoms with Crippen LogP contribution in [0.5, 0.6) is 0 Å². The Bertz CT molecular complexity index is 695. The van der Waals surface area contributed by atoms with Gasteiger partial charge >= 0.3 is 0 Å². The first-order valence-electron chi connectivity index (χ1n) is 6.31. The molecule has 0 bridgehead atoms. The average molecular weight is 351 g/mol. The van der Waals surface area contributed by atoms with Crippen molar-refractivity contribution in [2.45, 2.75) is 13.1 Å². The molecule has 0 radical (unpaired) electrons. The maximum absolute atomic E-state index is 13.9. The van der Waals surface area contributed by atoms with Crippen LogP contribution in [-0.2, 0) is 13.1 Å². The van der Waals surface area contributed by atoms with E-state index in [2.05, 4.69) is 22.0 Å². The molecule has 0 heterocycles. The molecule has 2 nitrogen and oxygen atoms in total. The summed E-state index contributed by atoms with van der Waals surface area (Å²) in [4.78, 5) is 1.80. The molecule has 0 spiro atoms. The standard InChI is InChI=1S/C16H13BrF2N2/c1-21(9-12-4-2-3-11(7-12)8-20)10-13-15(18)6-5-14(17)16(13)19/h2-7H,9-10H2,1H3. The molecule has 5 heteroatoms. The molecule has 0 saturated carbocycles. The molecule has 2 rings (SSSR count). The van der Waals surface area contributed by atoms with Crippen molar-refractivity contribution in [3.05, 3.63) is 69.2 Å². The van der Waals surface area contributed by atoms with Gasteiger partial charge in [-0.1, -0.05) is 12.1 Å². The van der Waals surface area contributed by atoms with Gasteiger partial charge in [0.05, 0.1) is 16.1 Å². The lowest BCUT2D eigenvalue weighted by molar-refractivity contribution is 0.307. The quantitative estimate of drug-likeness (QED) is 0.771. The Morgan fingerprint density at radius 1 is 1.19 bits per heavy atom. The zero-order chi connectivity index (χ0) is 15.4. The summed E-state index contributed by atoms with van der Waals surface area (Å²) in [6.45, 7) is 0.648. The Labute approximate surface area is 130 Å². The molecule has 2 aromatic rings. The van der Waals surface area contributed by atoms with Gasteiger partial charge in [-0.25, -0.2) is 8.78 Å². The lowest BCUT2D eigenvalue weighted by Gasteiger charge is -2.18. The Morgan fingerprint density at radius 2 is 1.95 bits per heavy atom. The molecular weight excluding hydrogens is 338 g/mol. The van der Waals surface area contributed by atoms with Crippen LogP contribution in [0.4, 0.5) is 8.78 Å². The second-order valence-corrected chi connectivity index (χ2v) is 5.66. The van der Waals surface area contributed by atoms with Crippen LogP contribution in [-0.4, -0.2) is 11.9 Å². The van der Waals surface area contributed by atoms with Crippen LogP contribution in [0.1, 0.15) is 16.7 Å². The van der Waals surface area contributed by atoms with E-state index in [4.69, 9.17) is 5.26 Å². The minimum atomic E-state index is -0.576. The van der Waals surface area contributed by atoms with E-state index in [9.17, 15) is 8.78 Å². The number of halogens is 3. The summed E-state index contributed by atoms with van der Waals surface area (Å²) in [5, 5.41) is 8.87. The molecule has 0 N–H and O–H groups in total. The van der Waals surface area contributed by atoms with Crippen molar-refractivity contribution < 1.29 is 8.78 Å². The molecule has 0 aliphatic carbocycles. The maximum atomic E-state index is 13.9. The number of rotatable bonds is 4. The highest BCUT2D eigenvalue weighted by molar-refractivity contribution is 9.10. The van der Waals surface area contributed by atoms with Gasteiger partial charge in [0.25, 0.3) is 0 Å². The maximum Gasteiger partial charge on any atom is 0.144 e. The normalized spacial score (nSPS) is 10.7. The highest BCUT2D eigenvalue weighted by Crippen LogP contribution is 2.23. The first kappa shape index (κ1) is 15.6. The van der Waals surface area contributed by atoms with Crippen LogP contribution in [0, 0.1) is 23.0 Å². The predicted molar refractivity (Wildman–Crippen MR) is 80.4 cm³/mol. The zero-order valence-corrected chi connectivity index (χ0v) is 13.0. The summed E-state index contributed by atoms with van der Waals surface area (Å²) >= 11 is 3.06. The van der Waals surface area contributed by atoms with Gasteiger partial charge in [-0.2, -0.15) is 5.26 Å². The van der Waals surface area contributed by atoms with Gasteiger partial charge in [0.1, 0.15) is 11.6 Å². The fourth-order valence-corrected chi connectivity index (χ4v) is 2.46. The van der Waals surface area contributed by atoms with E-state index in [1.165, 1.54) is 12.1 Å². The molecule has 108 valence electrons. The van der Waals surface area contributed by atoms with E-state index in [0.717, 1.165) is 5.56 Å². The number of benzene rings is 2. The second-order valence-electron chi connectivity index (χ2n) is 4.81. The van der Waals surface area contributed by atoms with Crippen LogP contribution >= 0.6 is 15.9 Å². The van der Waals surface area contributed by atoms with Gasteiger partial charge in [0.15, 0.2) is 0 Å². The Morgan fingerprint density at radius 3 is 2.67 bits per heavy atom. The van der Waals surface area contributed by atoms with Crippen LogP contribution in [0.2, 0.25) is 0 Å². The molecule has 0 aliphatic rings. The lowest BCUT2D eigenvalue weighted by atomic mass is 10.1. The summed E-state index contributed by atoms with van der Waals surface area (Å²) in [5.41, 5.74) is 1.52. The first-order valence-corrected chi connectivity index (χ1v) is 7.10. The van der Waals surface area contributed by atoms with Gasteiger partial charge in [0, 0.05) is 18.7 Å². The topological polar surface area (TPSA) is 27.0 Å². The van der Waals surface area contributed by atoms with E-state index in [-0.39, 0.29) is 16.6 Å². The van der Waals surface area contributed by atoms with Crippen molar-refractivity contribution in [2.75, 3.05) is 7.05 Å². The molecule has 21 heavy (non-hydrogen) atoms. The highest BCUT2D eigenvalue weighted by Gasteiger charge is 2.14. The number of hydrogen-bond donors (Lipinski definition) is 0. The van der Waals surface area contributed by atoms with Crippen molar-refractivity contribution in [1.29, 1.82) is 5.26 Å². The van der Waals surface area contributed by atoms with Crippen LogP contribution < -0.4 is 0 Å². The van der Waals surface area contributed by atoms with Crippen LogP contribution in [0.3, 0.4) is 0 Å². The van der Waals surface area contributed by atoms with E-state index >= 15 is 0 Å². The van der Waals surface area contributed by atoms with Crippen molar-refractivity contribution in [1.82, 2.24) is 4.90 Å². The Hall–Kier alpha value is -1.77. The highest BCUT2D eigenvalue weighted by atomic mass is 79.9. The molecule has 0 saturated heterocycles. The summed E-state index contributed by atoms with van der Waals surface area (Å²) in [7, 11) is 1.78. The molecule has 2 aromatic carbocycles. The van der Waals surface area contributed by atoms with E-state index in [1.54, 1.807) is 30.1 Å². The largest absolute Gasteiger partial charge is 0.298 e. The van der Waals surface area contributed by atoms with Crippen LogP contribution in [0.25, 0.3) is 0 Å². The fourth-order valence-electron chi connectivity index (χ4n) is 2.09. The van der Waals surface area contributed by atoms with Crippen molar-refractivity contribution >= 4 is 15.9 Å². The van der Waals surface area contributed by atoms with Crippen molar-refractivity contribution in [3.8, 4) is 6.07 Å². The second kappa shape index (κ2) is 6.79. The molecule has 0 fully saturated rings. The van der Waals surface area contributed by atoms with Gasteiger partial charge in [-0.05, 0) is 52.8 Å². The smallest absolute Gasteiger partial charge is 0.144 e. The average Bonchev–Trinajstić information content (AvgIpc) is 2.48. The third-order valence-electron chi connectivity index (χ3n) is 3.08. The number of hydrogen-bond acceptors (Lipinski definition) is 2. The SMILES string of the molecule is CN(Cc1cccc(C#N)c1)Cc1c(F)ccc(Br)c1F. The minimum absolute atomic E-state index is 0.0308. The molecular formula is C16H13BrF2N2. The summed E-state index contributed by atoms with van der Waals surface area (Å²) in [6.07, 6.45) is 0. The molecule has 0 aromatic heterocycles. The monoisotopic (exact) mass is 350 g/mol. The minimum Gasteiger partial charge on any atom is -0.298 e. The van der Waals surface area contributed by atoms with Crippen molar-refractivity contribution in [3.63, 3.8) is 0 Å². The van der Waals surface area contributed by atoms with E-state index in [0.29, 0.717) is 12.1 Å². The predicted octanol–water partition coefficient (Wildman–Crippen LogP) is 4.23. The fraction of sp³-hybridized carbons (Fsp3) is 0.188. The Kier molecular flexibility index (Phi) is 5.05. The summed E-state index contributed by atoms with van der Waals surface area (Å²) in [6, 6.07) is 11.8. The third kappa shape index (κ3) is 3.87. The van der Waals surface area contributed by atoms with Gasteiger partial charge < -0.3 is 0 Å². The molecule has 0 unspecified atom stereocenters. The molecule has 0 atom stereocenters. The van der Waals surface area contributed by atoms with E-state index < -0.39 is 11.6 Å². The Balaban J connectivity index is 2.14.